The quantitative estimate of drug-likeness (QED) is 0.601. The van der Waals surface area contributed by atoms with E-state index in [0.717, 1.165) is 5.88 Å². The molecule has 0 saturated heterocycles. The van der Waals surface area contributed by atoms with E-state index < -0.39 is 0 Å². The molecule has 0 N–H and O–H groups in total. The highest BCUT2D eigenvalue weighted by molar-refractivity contribution is 6.30. The van der Waals surface area contributed by atoms with Gasteiger partial charge in [0.15, 0.2) is 5.88 Å². The van der Waals surface area contributed by atoms with Crippen LogP contribution in [0.25, 0.3) is 0 Å². The molecule has 0 saturated carbocycles. The highest BCUT2D eigenvalue weighted by atomic mass is 35.5. The second-order valence-electron chi connectivity index (χ2n) is 2.00. The van der Waals surface area contributed by atoms with Crippen LogP contribution in [0.15, 0.2) is 16.7 Å². The topological polar surface area (TPSA) is 16.4 Å². The predicted molar refractivity (Wildman–Crippen MR) is 38.0 cm³/mol. The zero-order valence-electron chi connectivity index (χ0n) is 5.39. The van der Waals surface area contributed by atoms with Crippen molar-refractivity contribution in [3.63, 3.8) is 0 Å². The molecule has 1 heterocycles. The zero-order valence-corrected chi connectivity index (χ0v) is 6.14. The first-order valence-electron chi connectivity index (χ1n) is 2.61. The van der Waals surface area contributed by atoms with E-state index in [1.165, 1.54) is 6.26 Å². The molecule has 1 rings (SSSR count). The molecule has 1 aromatic heterocycles. The van der Waals surface area contributed by atoms with Crippen LogP contribution in [-0.4, -0.2) is 14.1 Å². The summed E-state index contributed by atoms with van der Waals surface area (Å²) in [5.41, 5.74) is 0. The average Bonchev–Trinajstić information content (AvgIpc) is 2.14. The Kier molecular flexibility index (Phi) is 1.67. The summed E-state index contributed by atoms with van der Waals surface area (Å²) in [5, 5.41) is 0.638. The predicted octanol–water partition coefficient (Wildman–Crippen LogP) is 2.00. The second-order valence-corrected chi connectivity index (χ2v) is 2.43. The largest absolute Gasteiger partial charge is 0.447 e. The lowest BCUT2D eigenvalue weighted by atomic mass is 10.6. The first kappa shape index (κ1) is 6.49. The van der Waals surface area contributed by atoms with Crippen LogP contribution < -0.4 is 4.90 Å². The molecular formula is C6H8ClNO. The molecule has 0 unspecified atom stereocenters. The van der Waals surface area contributed by atoms with Crippen molar-refractivity contribution in [1.29, 1.82) is 0 Å². The molecule has 9 heavy (non-hydrogen) atoms. The Bertz CT molecular complexity index is 195. The Hall–Kier alpha value is -0.630. The van der Waals surface area contributed by atoms with Gasteiger partial charge in [-0.2, -0.15) is 0 Å². The van der Waals surface area contributed by atoms with E-state index in [0.29, 0.717) is 5.02 Å². The molecular weight excluding hydrogens is 138 g/mol. The second kappa shape index (κ2) is 2.31. The van der Waals surface area contributed by atoms with E-state index in [1.807, 2.05) is 19.0 Å². The molecule has 0 amide bonds. The third-order valence-electron chi connectivity index (χ3n) is 0.994. The van der Waals surface area contributed by atoms with E-state index in [1.54, 1.807) is 6.07 Å². The summed E-state index contributed by atoms with van der Waals surface area (Å²) < 4.78 is 5.02. The third kappa shape index (κ3) is 1.39. The number of nitrogens with zero attached hydrogens (tertiary/aromatic N) is 1. The molecule has 0 spiro atoms. The molecule has 0 fully saturated rings. The van der Waals surface area contributed by atoms with Gasteiger partial charge in [-0.3, -0.25) is 0 Å². The van der Waals surface area contributed by atoms with E-state index in [2.05, 4.69) is 0 Å². The highest BCUT2D eigenvalue weighted by Crippen LogP contribution is 2.19. The van der Waals surface area contributed by atoms with E-state index in [-0.39, 0.29) is 0 Å². The number of rotatable bonds is 1. The van der Waals surface area contributed by atoms with E-state index in [9.17, 15) is 0 Å². The van der Waals surface area contributed by atoms with Gasteiger partial charge in [0, 0.05) is 20.2 Å². The van der Waals surface area contributed by atoms with Gasteiger partial charge in [0.05, 0.1) is 5.02 Å². The fourth-order valence-corrected chi connectivity index (χ4v) is 0.675. The molecule has 1 aromatic rings. The first-order valence-corrected chi connectivity index (χ1v) is 2.99. The molecule has 0 aliphatic carbocycles. The number of hydrogen-bond acceptors (Lipinski definition) is 2. The normalized spacial score (nSPS) is 9.67. The summed E-state index contributed by atoms with van der Waals surface area (Å²) in [6, 6.07) is 1.77. The number of halogens is 1. The van der Waals surface area contributed by atoms with Crippen molar-refractivity contribution in [3.8, 4) is 0 Å². The van der Waals surface area contributed by atoms with Gasteiger partial charge in [0.1, 0.15) is 6.26 Å². The minimum Gasteiger partial charge on any atom is -0.447 e. The summed E-state index contributed by atoms with van der Waals surface area (Å²) in [4.78, 5) is 1.85. The average molecular weight is 146 g/mol. The van der Waals surface area contributed by atoms with Crippen molar-refractivity contribution >= 4 is 17.5 Å². The van der Waals surface area contributed by atoms with Crippen LogP contribution in [0.3, 0.4) is 0 Å². The number of anilines is 1. The highest BCUT2D eigenvalue weighted by Gasteiger charge is 1.98. The van der Waals surface area contributed by atoms with Crippen molar-refractivity contribution in [1.82, 2.24) is 0 Å². The van der Waals surface area contributed by atoms with E-state index >= 15 is 0 Å². The molecule has 0 aliphatic heterocycles. The maximum absolute atomic E-state index is 5.58. The Labute approximate surface area is 59.0 Å². The summed E-state index contributed by atoms with van der Waals surface area (Å²) in [5.74, 6) is 0.778. The van der Waals surface area contributed by atoms with Crippen LogP contribution in [0.5, 0.6) is 0 Å². The van der Waals surface area contributed by atoms with Gasteiger partial charge in [-0.05, 0) is 0 Å². The van der Waals surface area contributed by atoms with Gasteiger partial charge in [-0.15, -0.1) is 0 Å². The van der Waals surface area contributed by atoms with Gasteiger partial charge < -0.3 is 9.32 Å². The number of hydrogen-bond donors (Lipinski definition) is 0. The Morgan fingerprint density at radius 1 is 1.56 bits per heavy atom. The summed E-state index contributed by atoms with van der Waals surface area (Å²) in [7, 11) is 3.80. The van der Waals surface area contributed by atoms with Crippen molar-refractivity contribution < 1.29 is 4.42 Å². The SMILES string of the molecule is CN(C)c1cc(Cl)co1. The van der Waals surface area contributed by atoms with Gasteiger partial charge in [0.25, 0.3) is 0 Å². The summed E-state index contributed by atoms with van der Waals surface area (Å²) in [6.07, 6.45) is 1.51. The minimum atomic E-state index is 0.638. The third-order valence-corrected chi connectivity index (χ3v) is 1.19. The molecule has 3 heteroatoms. The Morgan fingerprint density at radius 2 is 2.22 bits per heavy atom. The van der Waals surface area contributed by atoms with Crippen LogP contribution in [0.2, 0.25) is 5.02 Å². The fourth-order valence-electron chi connectivity index (χ4n) is 0.537. The molecule has 0 radical (unpaired) electrons. The van der Waals surface area contributed by atoms with Crippen molar-refractivity contribution in [2.45, 2.75) is 0 Å². The lowest BCUT2D eigenvalue weighted by molar-refractivity contribution is 0.565. The molecule has 2 nitrogen and oxygen atoms in total. The number of furan rings is 1. The monoisotopic (exact) mass is 145 g/mol. The Morgan fingerprint density at radius 3 is 2.44 bits per heavy atom. The van der Waals surface area contributed by atoms with Gasteiger partial charge in [0.2, 0.25) is 0 Å². The van der Waals surface area contributed by atoms with Crippen LogP contribution >= 0.6 is 11.6 Å². The van der Waals surface area contributed by atoms with E-state index in [4.69, 9.17) is 16.0 Å². The maximum atomic E-state index is 5.58. The van der Waals surface area contributed by atoms with Crippen molar-refractivity contribution in [2.75, 3.05) is 19.0 Å². The first-order chi connectivity index (χ1) is 4.20. The molecule has 0 atom stereocenters. The lowest BCUT2D eigenvalue weighted by Crippen LogP contribution is -2.06. The van der Waals surface area contributed by atoms with Crippen LogP contribution in [0.1, 0.15) is 0 Å². The molecule has 0 aromatic carbocycles. The smallest absolute Gasteiger partial charge is 0.196 e. The standard InChI is InChI=1S/C6H8ClNO/c1-8(2)6-3-5(7)4-9-6/h3-4H,1-2H3. The van der Waals surface area contributed by atoms with Crippen LogP contribution in [0, 0.1) is 0 Å². The fraction of sp³-hybridized carbons (Fsp3) is 0.333. The van der Waals surface area contributed by atoms with Gasteiger partial charge >= 0.3 is 0 Å². The summed E-state index contributed by atoms with van der Waals surface area (Å²) >= 11 is 5.58. The zero-order chi connectivity index (χ0) is 6.85. The van der Waals surface area contributed by atoms with Crippen molar-refractivity contribution in [2.24, 2.45) is 0 Å². The maximum Gasteiger partial charge on any atom is 0.196 e. The minimum absolute atomic E-state index is 0.638. The summed E-state index contributed by atoms with van der Waals surface area (Å²) in [6.45, 7) is 0. The van der Waals surface area contributed by atoms with Crippen LogP contribution in [0.4, 0.5) is 5.88 Å². The van der Waals surface area contributed by atoms with Crippen LogP contribution in [-0.2, 0) is 0 Å². The Balaban J connectivity index is 2.85. The molecule has 50 valence electrons. The van der Waals surface area contributed by atoms with Gasteiger partial charge in [-0.1, -0.05) is 11.6 Å². The lowest BCUT2D eigenvalue weighted by Gasteiger charge is -2.04. The molecule has 0 aliphatic rings. The molecule has 0 bridgehead atoms. The van der Waals surface area contributed by atoms with Gasteiger partial charge in [-0.25, -0.2) is 0 Å². The van der Waals surface area contributed by atoms with Crippen molar-refractivity contribution in [3.05, 3.63) is 17.4 Å².